The van der Waals surface area contributed by atoms with Crippen molar-refractivity contribution >= 4 is 14.4 Å². The van der Waals surface area contributed by atoms with Gasteiger partial charge < -0.3 is 9.16 Å². The molecule has 104 valence electrons. The van der Waals surface area contributed by atoms with E-state index in [1.807, 2.05) is 6.08 Å². The molecule has 1 rings (SSSR count). The number of rotatable bonds is 5. The lowest BCUT2D eigenvalue weighted by Gasteiger charge is -2.36. The summed E-state index contributed by atoms with van der Waals surface area (Å²) in [5.41, 5.74) is 0. The fraction of sp³-hybridized carbons (Fsp3) is 0.769. The lowest BCUT2D eigenvalue weighted by molar-refractivity contribution is 0.166. The SMILES string of the molecule is CC(C)(C)[Si](C)(C)OCC/C=C\N1CCOC1=O. The van der Waals surface area contributed by atoms with Crippen LogP contribution in [-0.4, -0.2) is 39.1 Å². The van der Waals surface area contributed by atoms with Crippen LogP contribution in [0, 0.1) is 0 Å². The van der Waals surface area contributed by atoms with Crippen LogP contribution in [-0.2, 0) is 9.16 Å². The summed E-state index contributed by atoms with van der Waals surface area (Å²) in [6.45, 7) is 13.0. The second-order valence-corrected chi connectivity index (χ2v) is 10.9. The van der Waals surface area contributed by atoms with E-state index in [2.05, 4.69) is 33.9 Å². The van der Waals surface area contributed by atoms with E-state index in [-0.39, 0.29) is 11.1 Å². The molecule has 1 aliphatic rings. The highest BCUT2D eigenvalue weighted by molar-refractivity contribution is 6.74. The molecular weight excluding hydrogens is 246 g/mol. The van der Waals surface area contributed by atoms with Gasteiger partial charge in [0.25, 0.3) is 0 Å². The van der Waals surface area contributed by atoms with Crippen molar-refractivity contribution in [2.75, 3.05) is 19.8 Å². The minimum absolute atomic E-state index is 0.246. The van der Waals surface area contributed by atoms with Gasteiger partial charge in [0, 0.05) is 12.8 Å². The molecule has 0 unspecified atom stereocenters. The van der Waals surface area contributed by atoms with Crippen molar-refractivity contribution < 1.29 is 14.0 Å². The maximum absolute atomic E-state index is 11.2. The predicted octanol–water partition coefficient (Wildman–Crippen LogP) is 3.36. The van der Waals surface area contributed by atoms with Crippen LogP contribution in [0.2, 0.25) is 18.1 Å². The third-order valence-electron chi connectivity index (χ3n) is 3.63. The Morgan fingerprint density at radius 3 is 2.61 bits per heavy atom. The van der Waals surface area contributed by atoms with Gasteiger partial charge in [0.2, 0.25) is 0 Å². The van der Waals surface area contributed by atoms with Gasteiger partial charge in [0.05, 0.1) is 6.54 Å². The van der Waals surface area contributed by atoms with E-state index in [4.69, 9.17) is 9.16 Å². The minimum Gasteiger partial charge on any atom is -0.447 e. The smallest absolute Gasteiger partial charge is 0.413 e. The Kier molecular flexibility index (Phi) is 4.98. The van der Waals surface area contributed by atoms with Crippen LogP contribution in [0.1, 0.15) is 27.2 Å². The lowest BCUT2D eigenvalue weighted by Crippen LogP contribution is -2.40. The van der Waals surface area contributed by atoms with Crippen molar-refractivity contribution in [2.45, 2.75) is 45.3 Å². The number of carbonyl (C=O) groups is 1. The predicted molar refractivity (Wildman–Crippen MR) is 75.0 cm³/mol. The number of carbonyl (C=O) groups excluding carboxylic acids is 1. The summed E-state index contributed by atoms with van der Waals surface area (Å²) in [5.74, 6) is 0. The molecule has 0 radical (unpaired) electrons. The fourth-order valence-electron chi connectivity index (χ4n) is 1.34. The van der Waals surface area contributed by atoms with E-state index in [9.17, 15) is 4.79 Å². The first-order chi connectivity index (χ1) is 8.24. The quantitative estimate of drug-likeness (QED) is 0.568. The molecule has 1 heterocycles. The normalized spacial score (nSPS) is 17.6. The van der Waals surface area contributed by atoms with Crippen molar-refractivity contribution in [3.8, 4) is 0 Å². The van der Waals surface area contributed by atoms with Crippen molar-refractivity contribution in [1.29, 1.82) is 0 Å². The van der Waals surface area contributed by atoms with E-state index in [1.165, 1.54) is 0 Å². The number of nitrogens with zero attached hydrogens (tertiary/aromatic N) is 1. The van der Waals surface area contributed by atoms with Crippen molar-refractivity contribution in [1.82, 2.24) is 4.90 Å². The maximum atomic E-state index is 11.2. The Bertz CT molecular complexity index is 321. The number of amides is 1. The highest BCUT2D eigenvalue weighted by atomic mass is 28.4. The number of hydrogen-bond donors (Lipinski definition) is 0. The van der Waals surface area contributed by atoms with E-state index in [0.717, 1.165) is 13.0 Å². The first kappa shape index (κ1) is 15.2. The zero-order valence-corrected chi connectivity index (χ0v) is 13.2. The topological polar surface area (TPSA) is 38.8 Å². The third-order valence-corrected chi connectivity index (χ3v) is 8.17. The Morgan fingerprint density at radius 2 is 2.11 bits per heavy atom. The summed E-state index contributed by atoms with van der Waals surface area (Å²) < 4.78 is 10.9. The van der Waals surface area contributed by atoms with Gasteiger partial charge in [0.15, 0.2) is 8.32 Å². The van der Waals surface area contributed by atoms with E-state index in [0.29, 0.717) is 13.2 Å². The molecule has 0 aromatic heterocycles. The number of hydrogen-bond acceptors (Lipinski definition) is 3. The molecule has 1 fully saturated rings. The van der Waals surface area contributed by atoms with Gasteiger partial charge >= 0.3 is 6.09 Å². The standard InChI is InChI=1S/C13H25NO3Si/c1-13(2,3)18(4,5)17-10-7-6-8-14-9-11-16-12(14)15/h6,8H,7,9-11H2,1-5H3/b8-6-. The van der Waals surface area contributed by atoms with Crippen molar-refractivity contribution in [2.24, 2.45) is 0 Å². The second-order valence-electron chi connectivity index (χ2n) is 6.09. The second kappa shape index (κ2) is 5.89. The van der Waals surface area contributed by atoms with Crippen LogP contribution in [0.25, 0.3) is 0 Å². The van der Waals surface area contributed by atoms with Gasteiger partial charge in [0.1, 0.15) is 6.61 Å². The zero-order chi connectivity index (χ0) is 13.8. The molecule has 0 bridgehead atoms. The molecule has 0 saturated carbocycles. The van der Waals surface area contributed by atoms with E-state index in [1.54, 1.807) is 11.1 Å². The number of cyclic esters (lactones) is 1. The van der Waals surface area contributed by atoms with Crippen LogP contribution in [0.5, 0.6) is 0 Å². The lowest BCUT2D eigenvalue weighted by atomic mass is 10.2. The van der Waals surface area contributed by atoms with Crippen LogP contribution in [0.15, 0.2) is 12.3 Å². The highest BCUT2D eigenvalue weighted by Crippen LogP contribution is 2.36. The van der Waals surface area contributed by atoms with Crippen LogP contribution in [0.4, 0.5) is 4.79 Å². The van der Waals surface area contributed by atoms with E-state index < -0.39 is 8.32 Å². The molecule has 0 spiro atoms. The van der Waals surface area contributed by atoms with Crippen molar-refractivity contribution in [3.63, 3.8) is 0 Å². The molecule has 4 nitrogen and oxygen atoms in total. The molecular formula is C13H25NO3Si. The molecule has 1 saturated heterocycles. The molecule has 0 aromatic rings. The monoisotopic (exact) mass is 271 g/mol. The zero-order valence-electron chi connectivity index (χ0n) is 12.2. The Labute approximate surface area is 111 Å². The molecule has 1 aliphatic heterocycles. The molecule has 5 heteroatoms. The first-order valence-corrected chi connectivity index (χ1v) is 9.39. The Hall–Kier alpha value is -0.813. The summed E-state index contributed by atoms with van der Waals surface area (Å²) >= 11 is 0. The molecule has 0 aromatic carbocycles. The molecule has 0 N–H and O–H groups in total. The van der Waals surface area contributed by atoms with Crippen molar-refractivity contribution in [3.05, 3.63) is 12.3 Å². The van der Waals surface area contributed by atoms with Gasteiger partial charge in [-0.15, -0.1) is 0 Å². The average molecular weight is 271 g/mol. The highest BCUT2D eigenvalue weighted by Gasteiger charge is 2.36. The Morgan fingerprint density at radius 1 is 1.44 bits per heavy atom. The first-order valence-electron chi connectivity index (χ1n) is 6.48. The minimum atomic E-state index is -1.64. The van der Waals surface area contributed by atoms with Crippen LogP contribution in [0.3, 0.4) is 0 Å². The van der Waals surface area contributed by atoms with Gasteiger partial charge in [-0.25, -0.2) is 4.79 Å². The molecule has 1 amide bonds. The fourth-order valence-corrected chi connectivity index (χ4v) is 2.40. The van der Waals surface area contributed by atoms with Crippen LogP contribution >= 0.6 is 0 Å². The van der Waals surface area contributed by atoms with Gasteiger partial charge in [-0.05, 0) is 24.6 Å². The summed E-state index contributed by atoms with van der Waals surface area (Å²) in [4.78, 5) is 12.7. The van der Waals surface area contributed by atoms with Crippen LogP contribution < -0.4 is 0 Å². The van der Waals surface area contributed by atoms with Gasteiger partial charge in [-0.1, -0.05) is 26.8 Å². The summed E-state index contributed by atoms with van der Waals surface area (Å²) in [6.07, 6.45) is 4.34. The maximum Gasteiger partial charge on any atom is 0.413 e. The van der Waals surface area contributed by atoms with Gasteiger partial charge in [-0.2, -0.15) is 0 Å². The largest absolute Gasteiger partial charge is 0.447 e. The Balaban J connectivity index is 2.26. The third kappa shape index (κ3) is 4.14. The molecule has 0 aliphatic carbocycles. The van der Waals surface area contributed by atoms with E-state index >= 15 is 0 Å². The average Bonchev–Trinajstić information content (AvgIpc) is 2.62. The summed E-state index contributed by atoms with van der Waals surface area (Å²) in [6, 6.07) is 0. The van der Waals surface area contributed by atoms with Gasteiger partial charge in [-0.3, -0.25) is 4.90 Å². The molecule has 0 atom stereocenters. The summed E-state index contributed by atoms with van der Waals surface area (Å²) in [5, 5.41) is 0.246. The summed E-state index contributed by atoms with van der Waals surface area (Å²) in [7, 11) is -1.64. The molecule has 18 heavy (non-hydrogen) atoms. The number of ether oxygens (including phenoxy) is 1.